The van der Waals surface area contributed by atoms with Crippen molar-refractivity contribution in [2.75, 3.05) is 6.61 Å². The van der Waals surface area contributed by atoms with E-state index in [-0.39, 0.29) is 29.0 Å². The zero-order chi connectivity index (χ0) is 20.9. The lowest BCUT2D eigenvalue weighted by molar-refractivity contribution is -0.137. The monoisotopic (exact) mass is 420 g/mol. The second kappa shape index (κ2) is 9.09. The molecule has 0 bridgehead atoms. The molecule has 0 aliphatic rings. The maximum atomic E-state index is 12.6. The van der Waals surface area contributed by atoms with E-state index in [1.807, 2.05) is 20.8 Å². The van der Waals surface area contributed by atoms with Gasteiger partial charge in [-0.3, -0.25) is 0 Å². The van der Waals surface area contributed by atoms with Crippen LogP contribution in [0.25, 0.3) is 0 Å². The van der Waals surface area contributed by atoms with Gasteiger partial charge in [-0.15, -0.1) is 0 Å². The van der Waals surface area contributed by atoms with Crippen LogP contribution in [0, 0.1) is 5.41 Å². The molecule has 0 aliphatic carbocycles. The third-order valence-electron chi connectivity index (χ3n) is 4.30. The summed E-state index contributed by atoms with van der Waals surface area (Å²) >= 11 is 5.82. The quantitative estimate of drug-likeness (QED) is 0.634. The average Bonchev–Trinajstić information content (AvgIpc) is 3.11. The SMILES string of the molecule is CC(C)(C)C(O)C(CCCCOc1ncc(C(F)(F)F)cc1Cl)n1cncn1. The molecule has 2 atom stereocenters. The predicted octanol–water partition coefficient (Wildman–Crippen LogP) is 4.54. The summed E-state index contributed by atoms with van der Waals surface area (Å²) in [6.07, 6.45) is 0.518. The van der Waals surface area contributed by atoms with Crippen molar-refractivity contribution < 1.29 is 23.0 Å². The number of nitrogens with zero attached hydrogens (tertiary/aromatic N) is 4. The number of aromatic nitrogens is 4. The summed E-state index contributed by atoms with van der Waals surface area (Å²) in [6.45, 7) is 6.09. The molecule has 2 aromatic rings. The summed E-state index contributed by atoms with van der Waals surface area (Å²) < 4.78 is 44.9. The topological polar surface area (TPSA) is 73.1 Å². The van der Waals surface area contributed by atoms with Crippen molar-refractivity contribution >= 4 is 11.6 Å². The van der Waals surface area contributed by atoms with Gasteiger partial charge in [0.25, 0.3) is 0 Å². The van der Waals surface area contributed by atoms with Gasteiger partial charge in [0.05, 0.1) is 24.3 Å². The molecular weight excluding hydrogens is 397 g/mol. The van der Waals surface area contributed by atoms with Gasteiger partial charge in [-0.05, 0) is 30.7 Å². The Morgan fingerprint density at radius 2 is 1.96 bits per heavy atom. The molecule has 2 heterocycles. The Bertz CT molecular complexity index is 748. The number of ether oxygens (including phenoxy) is 1. The van der Waals surface area contributed by atoms with Crippen molar-refractivity contribution in [1.82, 2.24) is 19.7 Å². The Morgan fingerprint density at radius 1 is 1.25 bits per heavy atom. The van der Waals surface area contributed by atoms with Crippen LogP contribution in [0.15, 0.2) is 24.9 Å². The maximum absolute atomic E-state index is 12.6. The molecule has 1 N–H and O–H groups in total. The Balaban J connectivity index is 1.87. The fourth-order valence-electron chi connectivity index (χ4n) is 2.71. The molecule has 10 heteroatoms. The minimum atomic E-state index is -4.50. The van der Waals surface area contributed by atoms with Crippen LogP contribution in [0.3, 0.4) is 0 Å². The number of aliphatic hydroxyl groups excluding tert-OH is 1. The lowest BCUT2D eigenvalue weighted by Crippen LogP contribution is -2.35. The molecular formula is C18H24ClF3N4O2. The fourth-order valence-corrected chi connectivity index (χ4v) is 2.93. The van der Waals surface area contributed by atoms with E-state index in [4.69, 9.17) is 16.3 Å². The molecule has 2 aromatic heterocycles. The van der Waals surface area contributed by atoms with Gasteiger partial charge in [-0.1, -0.05) is 32.4 Å². The van der Waals surface area contributed by atoms with Crippen LogP contribution in [0.1, 0.15) is 51.6 Å². The number of rotatable bonds is 8. The third-order valence-corrected chi connectivity index (χ3v) is 4.57. The average molecular weight is 421 g/mol. The standard InChI is InChI=1S/C18H24ClF3N4O2/c1-17(2,3)15(27)14(26-11-23-10-25-26)6-4-5-7-28-16-13(19)8-12(9-24-16)18(20,21)22/h8-11,14-15,27H,4-7H2,1-3H3. The van der Waals surface area contributed by atoms with Gasteiger partial charge in [-0.25, -0.2) is 14.6 Å². The normalized spacial score (nSPS) is 14.7. The fraction of sp³-hybridized carbons (Fsp3) is 0.611. The molecule has 0 radical (unpaired) electrons. The predicted molar refractivity (Wildman–Crippen MR) is 98.1 cm³/mol. The summed E-state index contributed by atoms with van der Waals surface area (Å²) in [5, 5.41) is 14.6. The van der Waals surface area contributed by atoms with Crippen LogP contribution in [0.2, 0.25) is 5.02 Å². The van der Waals surface area contributed by atoms with E-state index in [2.05, 4.69) is 15.1 Å². The van der Waals surface area contributed by atoms with Crippen LogP contribution in [0.5, 0.6) is 5.88 Å². The molecule has 0 fully saturated rings. The molecule has 2 rings (SSSR count). The van der Waals surface area contributed by atoms with Crippen molar-refractivity contribution in [2.45, 2.75) is 58.4 Å². The lowest BCUT2D eigenvalue weighted by Gasteiger charge is -2.33. The van der Waals surface area contributed by atoms with E-state index < -0.39 is 17.8 Å². The van der Waals surface area contributed by atoms with Crippen molar-refractivity contribution in [3.63, 3.8) is 0 Å². The smallest absolute Gasteiger partial charge is 0.417 e. The van der Waals surface area contributed by atoms with Gasteiger partial charge in [0.1, 0.15) is 17.7 Å². The van der Waals surface area contributed by atoms with Crippen LogP contribution in [-0.4, -0.2) is 37.6 Å². The molecule has 156 valence electrons. The van der Waals surface area contributed by atoms with Gasteiger partial charge >= 0.3 is 6.18 Å². The molecule has 6 nitrogen and oxygen atoms in total. The second-order valence-electron chi connectivity index (χ2n) is 7.61. The first-order valence-electron chi connectivity index (χ1n) is 8.88. The van der Waals surface area contributed by atoms with Crippen LogP contribution < -0.4 is 4.74 Å². The zero-order valence-corrected chi connectivity index (χ0v) is 16.7. The summed E-state index contributed by atoms with van der Waals surface area (Å²) in [5.74, 6) is -0.0304. The van der Waals surface area contributed by atoms with Crippen LogP contribution >= 0.6 is 11.6 Å². The number of hydrogen-bond acceptors (Lipinski definition) is 5. The summed E-state index contributed by atoms with van der Waals surface area (Å²) in [7, 11) is 0. The number of hydrogen-bond donors (Lipinski definition) is 1. The molecule has 0 aromatic carbocycles. The van der Waals surface area contributed by atoms with Crippen molar-refractivity contribution in [2.24, 2.45) is 5.41 Å². The number of pyridine rings is 1. The molecule has 0 amide bonds. The largest absolute Gasteiger partial charge is 0.477 e. The molecule has 0 aliphatic heterocycles. The maximum Gasteiger partial charge on any atom is 0.417 e. The van der Waals surface area contributed by atoms with Crippen LogP contribution in [0.4, 0.5) is 13.2 Å². The third kappa shape index (κ3) is 6.07. The van der Waals surface area contributed by atoms with Gasteiger partial charge in [0.15, 0.2) is 0 Å². The lowest BCUT2D eigenvalue weighted by atomic mass is 9.83. The van der Waals surface area contributed by atoms with E-state index >= 15 is 0 Å². The van der Waals surface area contributed by atoms with E-state index in [0.717, 1.165) is 6.07 Å². The molecule has 0 spiro atoms. The highest BCUT2D eigenvalue weighted by molar-refractivity contribution is 6.31. The Labute approximate surface area is 166 Å². The Hall–Kier alpha value is -1.87. The van der Waals surface area contributed by atoms with Gasteiger partial charge < -0.3 is 9.84 Å². The van der Waals surface area contributed by atoms with E-state index in [1.54, 1.807) is 11.0 Å². The van der Waals surface area contributed by atoms with E-state index in [0.29, 0.717) is 25.5 Å². The van der Waals surface area contributed by atoms with Crippen LogP contribution in [-0.2, 0) is 6.18 Å². The Kier molecular flexibility index (Phi) is 7.28. The summed E-state index contributed by atoms with van der Waals surface area (Å²) in [5.41, 5.74) is -1.25. The molecule has 28 heavy (non-hydrogen) atoms. The number of alkyl halides is 3. The first-order valence-corrected chi connectivity index (χ1v) is 9.25. The minimum Gasteiger partial charge on any atom is -0.477 e. The molecule has 2 unspecified atom stereocenters. The molecule has 0 saturated carbocycles. The van der Waals surface area contributed by atoms with E-state index in [1.165, 1.54) is 6.33 Å². The van der Waals surface area contributed by atoms with Crippen molar-refractivity contribution in [3.8, 4) is 5.88 Å². The number of halogens is 4. The summed E-state index contributed by atoms with van der Waals surface area (Å²) in [4.78, 5) is 7.58. The van der Waals surface area contributed by atoms with Gasteiger partial charge in [0.2, 0.25) is 5.88 Å². The zero-order valence-electron chi connectivity index (χ0n) is 15.9. The first-order chi connectivity index (χ1) is 13.0. The van der Waals surface area contributed by atoms with Gasteiger partial charge in [-0.2, -0.15) is 18.3 Å². The second-order valence-corrected chi connectivity index (χ2v) is 8.01. The van der Waals surface area contributed by atoms with Crippen molar-refractivity contribution in [1.29, 1.82) is 0 Å². The van der Waals surface area contributed by atoms with E-state index in [9.17, 15) is 18.3 Å². The first kappa shape index (κ1) is 22.4. The highest BCUT2D eigenvalue weighted by Crippen LogP contribution is 2.33. The number of aliphatic hydroxyl groups is 1. The molecule has 0 saturated heterocycles. The minimum absolute atomic E-state index is 0.0304. The highest BCUT2D eigenvalue weighted by Gasteiger charge is 2.32. The van der Waals surface area contributed by atoms with Crippen molar-refractivity contribution in [3.05, 3.63) is 35.5 Å². The Morgan fingerprint density at radius 3 is 2.50 bits per heavy atom. The van der Waals surface area contributed by atoms with Gasteiger partial charge in [0, 0.05) is 6.20 Å². The highest BCUT2D eigenvalue weighted by atomic mass is 35.5. The number of unbranched alkanes of at least 4 members (excludes halogenated alkanes) is 1. The summed E-state index contributed by atoms with van der Waals surface area (Å²) in [6, 6.07) is 0.555.